The first kappa shape index (κ1) is 29.2. The molecule has 200 valence electrons. The van der Waals surface area contributed by atoms with E-state index in [9.17, 15) is 19.7 Å². The molecular weight excluding hydrogens is 522 g/mol. The van der Waals surface area contributed by atoms with Gasteiger partial charge in [-0.25, -0.2) is 0 Å². The van der Waals surface area contributed by atoms with Gasteiger partial charge in [0.1, 0.15) is 6.04 Å². The Balaban J connectivity index is 1.84. The number of carbonyl (C=O) groups is 2. The molecule has 0 aliphatic heterocycles. The predicted octanol–water partition coefficient (Wildman–Crippen LogP) is 6.04. The van der Waals surface area contributed by atoms with Gasteiger partial charge in [-0.3, -0.25) is 19.7 Å². The van der Waals surface area contributed by atoms with Crippen LogP contribution in [-0.4, -0.2) is 39.0 Å². The molecule has 0 bridgehead atoms. The zero-order chi connectivity index (χ0) is 27.7. The number of carbonyl (C=O) groups excluding carboxylic acids is 2. The summed E-state index contributed by atoms with van der Waals surface area (Å²) in [5.74, 6) is 0.247. The molecule has 0 heterocycles. The number of non-ortho nitro benzene ring substituents is 1. The fourth-order valence-electron chi connectivity index (χ4n) is 3.89. The van der Waals surface area contributed by atoms with Crippen LogP contribution in [0.4, 0.5) is 5.69 Å². The van der Waals surface area contributed by atoms with Crippen LogP contribution in [0.15, 0.2) is 78.9 Å². The molecular formula is C29H32ClN3O4S. The van der Waals surface area contributed by atoms with Crippen LogP contribution in [0, 0.1) is 10.1 Å². The summed E-state index contributed by atoms with van der Waals surface area (Å²) >= 11 is 7.62. The molecule has 0 unspecified atom stereocenters. The molecule has 0 aliphatic carbocycles. The van der Waals surface area contributed by atoms with Gasteiger partial charge in [0.15, 0.2) is 0 Å². The number of rotatable bonds is 11. The molecule has 0 radical (unpaired) electrons. The second-order valence-corrected chi connectivity index (χ2v) is 11.4. The van der Waals surface area contributed by atoms with Crippen molar-refractivity contribution in [2.24, 2.45) is 0 Å². The highest BCUT2D eigenvalue weighted by Gasteiger charge is 2.32. The Hall–Kier alpha value is -3.36. The standard InChI is InChI=1S/C29H32ClN3O4S/c1-29(2,3)31-28(35)26(17-21-8-5-4-6-9-21)32(18-23-10-7-11-24(30)16-23)27(34)20-38-19-22-12-14-25(15-13-22)33(36)37/h4-16,26H,17-20H2,1-3H3,(H,31,35)/t26-/m1/s1. The van der Waals surface area contributed by atoms with Gasteiger partial charge in [0.25, 0.3) is 5.69 Å². The first-order valence-electron chi connectivity index (χ1n) is 12.2. The number of nitro benzene ring substituents is 1. The largest absolute Gasteiger partial charge is 0.350 e. The summed E-state index contributed by atoms with van der Waals surface area (Å²) in [6.45, 7) is 5.96. The van der Waals surface area contributed by atoms with Gasteiger partial charge in [-0.15, -0.1) is 11.8 Å². The molecule has 0 fully saturated rings. The van der Waals surface area contributed by atoms with Crippen molar-refractivity contribution in [1.29, 1.82) is 0 Å². The molecule has 0 aromatic heterocycles. The van der Waals surface area contributed by atoms with Gasteiger partial charge in [0.05, 0.1) is 10.7 Å². The molecule has 0 saturated carbocycles. The smallest absolute Gasteiger partial charge is 0.269 e. The van der Waals surface area contributed by atoms with E-state index in [1.165, 1.54) is 23.9 Å². The highest BCUT2D eigenvalue weighted by Crippen LogP contribution is 2.21. The summed E-state index contributed by atoms with van der Waals surface area (Å²) in [5.41, 5.74) is 2.20. The molecule has 38 heavy (non-hydrogen) atoms. The van der Waals surface area contributed by atoms with E-state index in [4.69, 9.17) is 11.6 Å². The van der Waals surface area contributed by atoms with E-state index >= 15 is 0 Å². The van der Waals surface area contributed by atoms with Crippen LogP contribution in [0.3, 0.4) is 0 Å². The lowest BCUT2D eigenvalue weighted by Crippen LogP contribution is -2.54. The lowest BCUT2D eigenvalue weighted by atomic mass is 10.0. The van der Waals surface area contributed by atoms with Gasteiger partial charge in [-0.05, 0) is 49.6 Å². The average Bonchev–Trinajstić information content (AvgIpc) is 2.86. The van der Waals surface area contributed by atoms with E-state index in [1.807, 2.05) is 63.2 Å². The van der Waals surface area contributed by atoms with Crippen LogP contribution >= 0.6 is 23.4 Å². The Kier molecular flexibility index (Phi) is 10.3. The normalized spacial score (nSPS) is 12.0. The van der Waals surface area contributed by atoms with Crippen LogP contribution in [0.1, 0.15) is 37.5 Å². The molecule has 0 saturated heterocycles. The number of nitrogens with zero attached hydrogens (tertiary/aromatic N) is 2. The third kappa shape index (κ3) is 9.19. The van der Waals surface area contributed by atoms with Crippen molar-refractivity contribution in [3.05, 3.63) is 111 Å². The first-order valence-corrected chi connectivity index (χ1v) is 13.8. The Bertz CT molecular complexity index is 1250. The second kappa shape index (κ2) is 13.4. The summed E-state index contributed by atoms with van der Waals surface area (Å²) in [7, 11) is 0. The average molecular weight is 554 g/mol. The maximum absolute atomic E-state index is 13.7. The van der Waals surface area contributed by atoms with E-state index in [1.54, 1.807) is 29.2 Å². The van der Waals surface area contributed by atoms with E-state index in [0.29, 0.717) is 17.2 Å². The fourth-order valence-corrected chi connectivity index (χ4v) is 4.98. The van der Waals surface area contributed by atoms with E-state index < -0.39 is 16.5 Å². The quantitative estimate of drug-likeness (QED) is 0.231. The number of hydrogen-bond acceptors (Lipinski definition) is 5. The van der Waals surface area contributed by atoms with Gasteiger partial charge in [-0.2, -0.15) is 0 Å². The minimum Gasteiger partial charge on any atom is -0.350 e. The van der Waals surface area contributed by atoms with Gasteiger partial charge in [-0.1, -0.05) is 66.2 Å². The molecule has 0 spiro atoms. The van der Waals surface area contributed by atoms with E-state index in [0.717, 1.165) is 16.7 Å². The number of thioether (sulfide) groups is 1. The maximum atomic E-state index is 13.7. The van der Waals surface area contributed by atoms with Crippen molar-refractivity contribution < 1.29 is 14.5 Å². The number of amides is 2. The van der Waals surface area contributed by atoms with Crippen molar-refractivity contribution in [3.8, 4) is 0 Å². The fraction of sp³-hybridized carbons (Fsp3) is 0.310. The number of nitrogens with one attached hydrogen (secondary N) is 1. The Morgan fingerprint density at radius 1 is 0.974 bits per heavy atom. The number of halogens is 1. The predicted molar refractivity (Wildman–Crippen MR) is 153 cm³/mol. The van der Waals surface area contributed by atoms with E-state index in [2.05, 4.69) is 5.32 Å². The molecule has 7 nitrogen and oxygen atoms in total. The van der Waals surface area contributed by atoms with Gasteiger partial charge >= 0.3 is 0 Å². The van der Waals surface area contributed by atoms with Crippen LogP contribution in [-0.2, 0) is 28.3 Å². The van der Waals surface area contributed by atoms with Crippen molar-refractivity contribution >= 4 is 40.9 Å². The van der Waals surface area contributed by atoms with Crippen LogP contribution in [0.2, 0.25) is 5.02 Å². The highest BCUT2D eigenvalue weighted by molar-refractivity contribution is 7.99. The third-order valence-corrected chi connectivity index (χ3v) is 6.88. The topological polar surface area (TPSA) is 92.6 Å². The maximum Gasteiger partial charge on any atom is 0.269 e. The van der Waals surface area contributed by atoms with Crippen LogP contribution < -0.4 is 5.32 Å². The molecule has 3 aromatic rings. The molecule has 0 aliphatic rings. The SMILES string of the molecule is CC(C)(C)NC(=O)[C@@H](Cc1ccccc1)N(Cc1cccc(Cl)c1)C(=O)CSCc1ccc([N+](=O)[O-])cc1. The van der Waals surface area contributed by atoms with Crippen molar-refractivity contribution in [3.63, 3.8) is 0 Å². The monoisotopic (exact) mass is 553 g/mol. The Labute approximate surface area is 232 Å². The third-order valence-electron chi connectivity index (χ3n) is 5.65. The molecule has 2 amide bonds. The minimum atomic E-state index is -0.733. The summed E-state index contributed by atoms with van der Waals surface area (Å²) in [6, 6.07) is 22.5. The summed E-state index contributed by atoms with van der Waals surface area (Å²) in [6.07, 6.45) is 0.363. The lowest BCUT2D eigenvalue weighted by Gasteiger charge is -2.34. The van der Waals surface area contributed by atoms with Crippen molar-refractivity contribution in [2.45, 2.75) is 51.1 Å². The number of nitro groups is 1. The molecule has 3 aromatic carbocycles. The first-order chi connectivity index (χ1) is 18.0. The van der Waals surface area contributed by atoms with Crippen LogP contribution in [0.25, 0.3) is 0 Å². The van der Waals surface area contributed by atoms with E-state index in [-0.39, 0.29) is 29.8 Å². The summed E-state index contributed by atoms with van der Waals surface area (Å²) in [4.78, 5) is 39.3. The van der Waals surface area contributed by atoms with Crippen molar-refractivity contribution in [1.82, 2.24) is 10.2 Å². The van der Waals surface area contributed by atoms with Gasteiger partial charge < -0.3 is 10.2 Å². The molecule has 3 rings (SSSR count). The van der Waals surface area contributed by atoms with Gasteiger partial charge in [0, 0.05) is 41.4 Å². The highest BCUT2D eigenvalue weighted by atomic mass is 35.5. The molecule has 1 atom stereocenters. The van der Waals surface area contributed by atoms with Gasteiger partial charge in [0.2, 0.25) is 11.8 Å². The lowest BCUT2D eigenvalue weighted by molar-refractivity contribution is -0.384. The van der Waals surface area contributed by atoms with Crippen molar-refractivity contribution in [2.75, 3.05) is 5.75 Å². The molecule has 9 heteroatoms. The summed E-state index contributed by atoms with van der Waals surface area (Å²) < 4.78 is 0. The minimum absolute atomic E-state index is 0.0242. The zero-order valence-corrected chi connectivity index (χ0v) is 23.3. The second-order valence-electron chi connectivity index (χ2n) is 10.0. The molecule has 1 N–H and O–H groups in total. The number of hydrogen-bond donors (Lipinski definition) is 1. The Morgan fingerprint density at radius 3 is 2.24 bits per heavy atom. The van der Waals surface area contributed by atoms with Crippen LogP contribution in [0.5, 0.6) is 0 Å². The zero-order valence-electron chi connectivity index (χ0n) is 21.7. The number of benzene rings is 3. The summed E-state index contributed by atoms with van der Waals surface area (Å²) in [5, 5.41) is 14.5. The Morgan fingerprint density at radius 2 is 1.63 bits per heavy atom.